The molecular weight excluding hydrogens is 283 g/mol. The molecule has 1 aromatic carbocycles. The molecule has 0 N–H and O–H groups in total. The lowest BCUT2D eigenvalue weighted by molar-refractivity contribution is 1.41. The first-order chi connectivity index (χ1) is 10.1. The molecule has 0 amide bonds. The fraction of sp³-hybridized carbons (Fsp3) is 0.0769. The minimum Gasteiger partial charge on any atom is -0.192 e. The molecule has 0 unspecified atom stereocenters. The van der Waals surface area contributed by atoms with E-state index in [1.165, 1.54) is 0 Å². The Morgan fingerprint density at radius 1 is 0.905 bits per heavy atom. The monoisotopic (exact) mass is 286 g/mol. The maximum atomic E-state index is 9.06. The van der Waals surface area contributed by atoms with Crippen molar-refractivity contribution in [1.82, 2.24) is 8.75 Å². The Kier molecular flexibility index (Phi) is 3.68. The molecule has 0 fully saturated rings. The molecule has 2 aromatic rings. The van der Waals surface area contributed by atoms with Gasteiger partial charge in [-0.3, -0.25) is 0 Å². The summed E-state index contributed by atoms with van der Waals surface area (Å²) in [7, 11) is 5.99. The largest absolute Gasteiger partial charge is 0.192 e. The van der Waals surface area contributed by atoms with Gasteiger partial charge < -0.3 is 0 Å². The van der Waals surface area contributed by atoms with Gasteiger partial charge in [0, 0.05) is 10.4 Å². The Morgan fingerprint density at radius 3 is 1.81 bits per heavy atom. The second-order valence-electron chi connectivity index (χ2n) is 3.95. The van der Waals surface area contributed by atoms with Crippen LogP contribution in [0.4, 0.5) is 0 Å². The van der Waals surface area contributed by atoms with E-state index in [1.54, 1.807) is 31.2 Å². The zero-order chi connectivity index (χ0) is 15.6. The van der Waals surface area contributed by atoms with Gasteiger partial charge in [-0.05, 0) is 12.5 Å². The van der Waals surface area contributed by atoms with Crippen molar-refractivity contribution in [2.75, 3.05) is 0 Å². The number of rotatable bonds is 0. The van der Waals surface area contributed by atoms with Crippen molar-refractivity contribution >= 4 is 47.2 Å². The summed E-state index contributed by atoms with van der Waals surface area (Å²) in [6.45, 7) is 1.61. The summed E-state index contributed by atoms with van der Waals surface area (Å²) in [6, 6.07) is 7.13. The van der Waals surface area contributed by atoms with Crippen LogP contribution in [0.15, 0.2) is 0 Å². The van der Waals surface area contributed by atoms with Gasteiger partial charge in [-0.2, -0.15) is 29.8 Å². The van der Waals surface area contributed by atoms with Crippen molar-refractivity contribution in [1.29, 1.82) is 21.0 Å². The van der Waals surface area contributed by atoms with Crippen molar-refractivity contribution in [2.45, 2.75) is 6.92 Å². The summed E-state index contributed by atoms with van der Waals surface area (Å²) in [5.41, 5.74) is 0.786. The highest BCUT2D eigenvalue weighted by Crippen LogP contribution is 2.06. The van der Waals surface area contributed by atoms with Crippen LogP contribution in [0.1, 0.15) is 5.56 Å². The van der Waals surface area contributed by atoms with Crippen LogP contribution in [0.2, 0.25) is 0 Å². The minimum atomic E-state index is -0.185. The molecule has 1 heterocycles. The Morgan fingerprint density at radius 2 is 1.33 bits per heavy atom. The molecule has 0 aliphatic carbocycles. The van der Waals surface area contributed by atoms with Gasteiger partial charge >= 0.3 is 0 Å². The van der Waals surface area contributed by atoms with Crippen molar-refractivity contribution < 1.29 is 0 Å². The summed E-state index contributed by atoms with van der Waals surface area (Å²) < 4.78 is 8.11. The number of hydrogen-bond donors (Lipinski definition) is 0. The van der Waals surface area contributed by atoms with Gasteiger partial charge in [-0.25, -0.2) is 0 Å². The van der Waals surface area contributed by atoms with E-state index in [0.717, 1.165) is 11.7 Å². The lowest BCUT2D eigenvalue weighted by Crippen LogP contribution is -2.37. The lowest BCUT2D eigenvalue weighted by Gasteiger charge is -2.04. The summed E-state index contributed by atoms with van der Waals surface area (Å²) in [6.07, 6.45) is 0. The molecule has 8 heteroatoms. The smallest absolute Gasteiger partial charge is 0.139 e. The van der Waals surface area contributed by atoms with E-state index in [1.807, 2.05) is 0 Å². The van der Waals surface area contributed by atoms with Gasteiger partial charge in [0.1, 0.15) is 54.3 Å². The van der Waals surface area contributed by atoms with Crippen LogP contribution in [-0.4, -0.2) is 16.6 Å². The molecule has 0 spiro atoms. The summed E-state index contributed by atoms with van der Waals surface area (Å²) in [5, 5.41) is 36.7. The van der Waals surface area contributed by atoms with Crippen LogP contribution in [0.3, 0.4) is 0 Å². The zero-order valence-corrected chi connectivity index (χ0v) is 11.5. The number of hydrogen-bond acceptors (Lipinski definition) is 7. The molecule has 21 heavy (non-hydrogen) atoms. The molecule has 0 bridgehead atoms. The first-order valence-corrected chi connectivity index (χ1v) is 6.23. The Hall–Kier alpha value is -3.20. The summed E-state index contributed by atoms with van der Waals surface area (Å²) in [5.74, 6) is 0. The molecule has 2 radical (unpaired) electrons. The number of aromatic nitrogens is 2. The standard InChI is InChI=1S/C13H3BN6S/c1-6-9(7(2-15)3-16)12-13(20-21-19-12)10(11(6)14)8(4-17)5-18/h1H3. The van der Waals surface area contributed by atoms with Gasteiger partial charge in [0.2, 0.25) is 0 Å². The lowest BCUT2D eigenvalue weighted by atomic mass is 9.84. The van der Waals surface area contributed by atoms with Gasteiger partial charge in [0.15, 0.2) is 0 Å². The van der Waals surface area contributed by atoms with Crippen molar-refractivity contribution in [3.05, 3.63) is 16.0 Å². The fourth-order valence-electron chi connectivity index (χ4n) is 1.98. The normalized spacial score (nSPS) is 9.19. The predicted molar refractivity (Wildman–Crippen MR) is 76.1 cm³/mol. The fourth-order valence-corrected chi connectivity index (χ4v) is 2.54. The van der Waals surface area contributed by atoms with Gasteiger partial charge in [-0.1, -0.05) is 5.46 Å². The van der Waals surface area contributed by atoms with Crippen LogP contribution in [0.5, 0.6) is 0 Å². The third kappa shape index (κ3) is 2.01. The molecule has 0 atom stereocenters. The van der Waals surface area contributed by atoms with E-state index in [4.69, 9.17) is 28.9 Å². The Labute approximate surface area is 124 Å². The molecule has 6 nitrogen and oxygen atoms in total. The maximum Gasteiger partial charge on any atom is 0.139 e. The van der Waals surface area contributed by atoms with Gasteiger partial charge in [-0.15, -0.1) is 0 Å². The third-order valence-electron chi connectivity index (χ3n) is 2.96. The summed E-state index contributed by atoms with van der Waals surface area (Å²) in [4.78, 5) is 0. The first-order valence-electron chi connectivity index (χ1n) is 5.50. The van der Waals surface area contributed by atoms with E-state index >= 15 is 0 Å². The molecule has 2 rings (SSSR count). The highest BCUT2D eigenvalue weighted by molar-refractivity contribution is 7.00. The van der Waals surface area contributed by atoms with Crippen LogP contribution < -0.4 is 15.9 Å². The second kappa shape index (κ2) is 5.43. The SMILES string of the molecule is [B]c1c(C)c(=C(C#N)C#N)c2nsnc2c1=C(C#N)C#N. The average Bonchev–Trinajstić information content (AvgIpc) is 2.96. The molecule has 0 saturated heterocycles. The number of nitrogens with zero attached hydrogens (tertiary/aromatic N) is 6. The van der Waals surface area contributed by atoms with Crippen molar-refractivity contribution in [3.63, 3.8) is 0 Å². The third-order valence-corrected chi connectivity index (χ3v) is 3.49. The molecule has 1 aromatic heterocycles. The topological polar surface area (TPSA) is 121 Å². The van der Waals surface area contributed by atoms with E-state index < -0.39 is 0 Å². The van der Waals surface area contributed by atoms with Gasteiger partial charge in [0.25, 0.3) is 0 Å². The molecule has 0 aliphatic heterocycles. The first kappa shape index (κ1) is 14.2. The van der Waals surface area contributed by atoms with Crippen molar-refractivity contribution in [2.24, 2.45) is 0 Å². The number of fused-ring (bicyclic) bond motifs is 1. The Balaban J connectivity index is 3.37. The maximum absolute atomic E-state index is 9.06. The molecular formula is C13H3BN6S. The van der Waals surface area contributed by atoms with Crippen molar-refractivity contribution in [3.8, 4) is 24.3 Å². The van der Waals surface area contributed by atoms with E-state index in [0.29, 0.717) is 16.3 Å². The van der Waals surface area contributed by atoms with E-state index in [9.17, 15) is 0 Å². The van der Waals surface area contributed by atoms with Crippen LogP contribution in [0, 0.1) is 52.2 Å². The second-order valence-corrected chi connectivity index (χ2v) is 4.48. The number of nitriles is 4. The van der Waals surface area contributed by atoms with E-state index in [-0.39, 0.29) is 27.3 Å². The number of benzene rings is 1. The van der Waals surface area contributed by atoms with Crippen LogP contribution in [-0.2, 0) is 0 Å². The summed E-state index contributed by atoms with van der Waals surface area (Å²) >= 11 is 0.856. The van der Waals surface area contributed by atoms with Crippen LogP contribution in [0.25, 0.3) is 22.2 Å². The zero-order valence-electron chi connectivity index (χ0n) is 10.7. The predicted octanol–water partition coefficient (Wildman–Crippen LogP) is -0.811. The quantitative estimate of drug-likeness (QED) is 0.584. The molecule has 94 valence electrons. The molecule has 0 aliphatic rings. The Bertz CT molecular complexity index is 936. The molecule has 0 saturated carbocycles. The van der Waals surface area contributed by atoms with E-state index in [2.05, 4.69) is 8.75 Å². The highest BCUT2D eigenvalue weighted by atomic mass is 32.1. The van der Waals surface area contributed by atoms with Crippen LogP contribution >= 0.6 is 11.7 Å². The minimum absolute atomic E-state index is 0.140. The average molecular weight is 286 g/mol. The van der Waals surface area contributed by atoms with Gasteiger partial charge in [0.05, 0.1) is 11.7 Å². The highest BCUT2D eigenvalue weighted by Gasteiger charge is 2.15.